The smallest absolute Gasteiger partial charge is 0.324 e. The predicted molar refractivity (Wildman–Crippen MR) is 48.2 cm³/mol. The molecule has 5 nitrogen and oxygen atoms in total. The molecule has 1 unspecified atom stereocenters. The van der Waals surface area contributed by atoms with Gasteiger partial charge in [0.2, 0.25) is 5.91 Å². The van der Waals surface area contributed by atoms with Gasteiger partial charge in [-0.3, -0.25) is 14.6 Å². The van der Waals surface area contributed by atoms with Gasteiger partial charge < -0.3 is 5.11 Å². The summed E-state index contributed by atoms with van der Waals surface area (Å²) in [6.45, 7) is 1.74. The third kappa shape index (κ3) is 1.59. The van der Waals surface area contributed by atoms with Crippen LogP contribution in [0.1, 0.15) is 26.2 Å². The van der Waals surface area contributed by atoms with E-state index in [2.05, 4.69) is 5.43 Å². The number of nitrogens with zero attached hydrogens (tertiary/aromatic N) is 1. The monoisotopic (exact) mass is 198 g/mol. The number of carbonyl (C=O) groups is 2. The maximum atomic E-state index is 11.5. The molecular weight excluding hydrogens is 184 g/mol. The Labute approximate surface area is 82.0 Å². The first-order valence-corrected chi connectivity index (χ1v) is 4.81. The van der Waals surface area contributed by atoms with E-state index in [1.165, 1.54) is 5.01 Å². The number of rotatable bonds is 3. The van der Waals surface area contributed by atoms with Crippen LogP contribution in [0.3, 0.4) is 0 Å². The van der Waals surface area contributed by atoms with Gasteiger partial charge in [-0.2, -0.15) is 0 Å². The van der Waals surface area contributed by atoms with Crippen molar-refractivity contribution >= 4 is 11.9 Å². The van der Waals surface area contributed by atoms with Crippen molar-refractivity contribution in [2.45, 2.75) is 31.7 Å². The molecule has 1 amide bonds. The first kappa shape index (κ1) is 9.45. The fourth-order valence-electron chi connectivity index (χ4n) is 2.04. The Kier molecular flexibility index (Phi) is 1.99. The van der Waals surface area contributed by atoms with Crippen LogP contribution in [-0.2, 0) is 9.59 Å². The van der Waals surface area contributed by atoms with Gasteiger partial charge in [0, 0.05) is 12.0 Å². The summed E-state index contributed by atoms with van der Waals surface area (Å²) >= 11 is 0. The normalized spacial score (nSPS) is 32.4. The summed E-state index contributed by atoms with van der Waals surface area (Å²) in [4.78, 5) is 21.9. The van der Waals surface area contributed by atoms with Gasteiger partial charge in [0.05, 0.1) is 0 Å². The van der Waals surface area contributed by atoms with Crippen LogP contribution in [0.2, 0.25) is 0 Å². The van der Waals surface area contributed by atoms with Crippen molar-refractivity contribution in [3.05, 3.63) is 0 Å². The van der Waals surface area contributed by atoms with Crippen molar-refractivity contribution in [1.82, 2.24) is 10.4 Å². The molecule has 0 radical (unpaired) electrons. The Morgan fingerprint density at radius 2 is 2.36 bits per heavy atom. The highest BCUT2D eigenvalue weighted by atomic mass is 16.4. The van der Waals surface area contributed by atoms with Crippen molar-refractivity contribution in [1.29, 1.82) is 0 Å². The molecule has 1 aliphatic carbocycles. The standard InChI is InChI=1S/C9H14N2O3/c1-9(6-2-3-6)4-7(12)11(10-9)5-8(13)14/h6,10H,2-5H2,1H3,(H,13,14). The molecule has 2 N–H and O–H groups in total. The molecule has 78 valence electrons. The third-order valence-electron chi connectivity index (χ3n) is 2.98. The number of amides is 1. The van der Waals surface area contributed by atoms with E-state index in [0.29, 0.717) is 12.3 Å². The minimum absolute atomic E-state index is 0.109. The van der Waals surface area contributed by atoms with Crippen molar-refractivity contribution in [2.75, 3.05) is 6.54 Å². The van der Waals surface area contributed by atoms with Crippen LogP contribution in [0.15, 0.2) is 0 Å². The average Bonchev–Trinajstić information content (AvgIpc) is 2.80. The quantitative estimate of drug-likeness (QED) is 0.668. The Balaban J connectivity index is 2.02. The Bertz CT molecular complexity index is 288. The lowest BCUT2D eigenvalue weighted by atomic mass is 9.94. The maximum Gasteiger partial charge on any atom is 0.324 e. The number of nitrogens with one attached hydrogen (secondary N) is 1. The lowest BCUT2D eigenvalue weighted by Crippen LogP contribution is -2.47. The summed E-state index contributed by atoms with van der Waals surface area (Å²) in [5, 5.41) is 9.81. The SMILES string of the molecule is CC1(C2CC2)CC(=O)N(CC(=O)O)N1. The van der Waals surface area contributed by atoms with Crippen molar-refractivity contribution in [3.8, 4) is 0 Å². The Hall–Kier alpha value is -1.10. The molecule has 0 aromatic rings. The highest BCUT2D eigenvalue weighted by molar-refractivity contribution is 5.83. The average molecular weight is 198 g/mol. The van der Waals surface area contributed by atoms with Crippen LogP contribution < -0.4 is 5.43 Å². The van der Waals surface area contributed by atoms with Gasteiger partial charge in [0.1, 0.15) is 6.54 Å². The molecule has 1 saturated carbocycles. The fourth-order valence-corrected chi connectivity index (χ4v) is 2.04. The van der Waals surface area contributed by atoms with Gasteiger partial charge in [0.15, 0.2) is 0 Å². The van der Waals surface area contributed by atoms with E-state index in [0.717, 1.165) is 12.8 Å². The van der Waals surface area contributed by atoms with Crippen LogP contribution in [-0.4, -0.2) is 34.1 Å². The third-order valence-corrected chi connectivity index (χ3v) is 2.98. The second kappa shape index (κ2) is 2.95. The molecule has 1 saturated heterocycles. The van der Waals surface area contributed by atoms with E-state index in [1.54, 1.807) is 0 Å². The molecule has 2 aliphatic rings. The second-order valence-electron chi connectivity index (χ2n) is 4.35. The second-order valence-corrected chi connectivity index (χ2v) is 4.35. The topological polar surface area (TPSA) is 69.6 Å². The van der Waals surface area contributed by atoms with Gasteiger partial charge in [-0.05, 0) is 25.7 Å². The van der Waals surface area contributed by atoms with Gasteiger partial charge in [0.25, 0.3) is 0 Å². The summed E-state index contributed by atoms with van der Waals surface area (Å²) < 4.78 is 0. The lowest BCUT2D eigenvalue weighted by Gasteiger charge is -2.24. The van der Waals surface area contributed by atoms with E-state index in [4.69, 9.17) is 5.11 Å². The van der Waals surface area contributed by atoms with Crippen molar-refractivity contribution < 1.29 is 14.7 Å². The van der Waals surface area contributed by atoms with E-state index in [1.807, 2.05) is 6.92 Å². The fraction of sp³-hybridized carbons (Fsp3) is 0.778. The molecule has 0 bridgehead atoms. The molecule has 0 aromatic heterocycles. The Morgan fingerprint density at radius 1 is 1.71 bits per heavy atom. The zero-order chi connectivity index (χ0) is 10.3. The molecule has 0 spiro atoms. The molecule has 1 heterocycles. The summed E-state index contributed by atoms with van der Waals surface area (Å²) in [6.07, 6.45) is 2.69. The first-order chi connectivity index (χ1) is 6.51. The number of carboxylic acids is 1. The number of carbonyl (C=O) groups excluding carboxylic acids is 1. The number of hydrogen-bond donors (Lipinski definition) is 2. The Morgan fingerprint density at radius 3 is 2.86 bits per heavy atom. The number of aliphatic carboxylic acids is 1. The van der Waals surface area contributed by atoms with Crippen molar-refractivity contribution in [3.63, 3.8) is 0 Å². The van der Waals surface area contributed by atoms with Crippen LogP contribution in [0.25, 0.3) is 0 Å². The van der Waals surface area contributed by atoms with Gasteiger partial charge >= 0.3 is 5.97 Å². The molecule has 1 atom stereocenters. The minimum Gasteiger partial charge on any atom is -0.480 e. The molecule has 2 fully saturated rings. The molecule has 1 aliphatic heterocycles. The molecule has 14 heavy (non-hydrogen) atoms. The summed E-state index contributed by atoms with van der Waals surface area (Å²) in [5.74, 6) is -0.557. The molecule has 5 heteroatoms. The molecule has 2 rings (SSSR count). The van der Waals surface area contributed by atoms with Crippen LogP contribution in [0.4, 0.5) is 0 Å². The maximum absolute atomic E-state index is 11.5. The zero-order valence-corrected chi connectivity index (χ0v) is 8.12. The summed E-state index contributed by atoms with van der Waals surface area (Å²) in [6, 6.07) is 0. The predicted octanol–water partition coefficient (Wildman–Crippen LogP) is -0.0234. The van der Waals surface area contributed by atoms with E-state index in [-0.39, 0.29) is 18.0 Å². The minimum atomic E-state index is -0.981. The molecular formula is C9H14N2O3. The van der Waals surface area contributed by atoms with E-state index in [9.17, 15) is 9.59 Å². The van der Waals surface area contributed by atoms with Gasteiger partial charge in [-0.25, -0.2) is 5.43 Å². The lowest BCUT2D eigenvalue weighted by molar-refractivity contribution is -0.144. The van der Waals surface area contributed by atoms with Crippen LogP contribution in [0, 0.1) is 5.92 Å². The van der Waals surface area contributed by atoms with Gasteiger partial charge in [-0.1, -0.05) is 0 Å². The van der Waals surface area contributed by atoms with Crippen LogP contribution in [0.5, 0.6) is 0 Å². The molecule has 0 aromatic carbocycles. The van der Waals surface area contributed by atoms with Crippen LogP contribution >= 0.6 is 0 Å². The summed E-state index contributed by atoms with van der Waals surface area (Å²) in [5.41, 5.74) is 2.81. The number of hydrogen-bond acceptors (Lipinski definition) is 3. The number of carboxylic acid groups (broad SMARTS) is 1. The van der Waals surface area contributed by atoms with E-state index < -0.39 is 5.97 Å². The number of hydrazine groups is 1. The van der Waals surface area contributed by atoms with E-state index >= 15 is 0 Å². The largest absolute Gasteiger partial charge is 0.480 e. The van der Waals surface area contributed by atoms with Gasteiger partial charge in [-0.15, -0.1) is 0 Å². The summed E-state index contributed by atoms with van der Waals surface area (Å²) in [7, 11) is 0. The zero-order valence-electron chi connectivity index (χ0n) is 8.12. The van der Waals surface area contributed by atoms with Crippen molar-refractivity contribution in [2.24, 2.45) is 5.92 Å². The first-order valence-electron chi connectivity index (χ1n) is 4.81. The highest BCUT2D eigenvalue weighted by Gasteiger charge is 2.49. The highest BCUT2D eigenvalue weighted by Crippen LogP contribution is 2.43.